The van der Waals surface area contributed by atoms with Crippen molar-refractivity contribution in [2.75, 3.05) is 6.54 Å². The summed E-state index contributed by atoms with van der Waals surface area (Å²) in [6.07, 6.45) is 0.766. The summed E-state index contributed by atoms with van der Waals surface area (Å²) in [6, 6.07) is 15.3. The third-order valence-electron chi connectivity index (χ3n) is 6.09. The van der Waals surface area contributed by atoms with Gasteiger partial charge < -0.3 is 14.8 Å². The van der Waals surface area contributed by atoms with Crippen molar-refractivity contribution >= 4 is 22.7 Å². The van der Waals surface area contributed by atoms with E-state index in [1.807, 2.05) is 41.3 Å². The van der Waals surface area contributed by atoms with E-state index in [0.717, 1.165) is 17.5 Å². The zero-order valence-corrected chi connectivity index (χ0v) is 14.1. The van der Waals surface area contributed by atoms with Gasteiger partial charge in [-0.1, -0.05) is 36.4 Å². The lowest BCUT2D eigenvalue weighted by atomic mass is 9.93. The number of nitrogens with one attached hydrogen (secondary N) is 1. The van der Waals surface area contributed by atoms with E-state index in [2.05, 4.69) is 17.1 Å². The number of benzene rings is 2. The molecule has 0 bridgehead atoms. The first-order chi connectivity index (χ1) is 12.7. The Hall–Kier alpha value is -3.08. The zero-order chi connectivity index (χ0) is 17.4. The average molecular weight is 343 g/mol. The van der Waals surface area contributed by atoms with E-state index >= 15 is 0 Å². The van der Waals surface area contributed by atoms with Gasteiger partial charge in [-0.05, 0) is 17.7 Å². The van der Waals surface area contributed by atoms with Crippen molar-refractivity contribution in [3.63, 3.8) is 0 Å². The van der Waals surface area contributed by atoms with Crippen LogP contribution in [0.15, 0.2) is 48.5 Å². The van der Waals surface area contributed by atoms with E-state index in [-0.39, 0.29) is 17.9 Å². The second kappa shape index (κ2) is 4.75. The summed E-state index contributed by atoms with van der Waals surface area (Å²) in [7, 11) is 0. The number of H-pyrrole nitrogens is 1. The quantitative estimate of drug-likeness (QED) is 0.682. The molecule has 3 aliphatic rings. The third kappa shape index (κ3) is 1.65. The van der Waals surface area contributed by atoms with Crippen molar-refractivity contribution in [3.05, 3.63) is 70.9 Å². The largest absolute Gasteiger partial charge is 0.358 e. The summed E-state index contributed by atoms with van der Waals surface area (Å²) in [5, 5.41) is 1.19. The average Bonchev–Trinajstić information content (AvgIpc) is 3.16. The maximum Gasteiger partial charge on any atom is 0.255 e. The second-order valence-electron chi connectivity index (χ2n) is 7.40. The van der Waals surface area contributed by atoms with Gasteiger partial charge in [-0.25, -0.2) is 0 Å². The Kier molecular flexibility index (Phi) is 2.58. The van der Waals surface area contributed by atoms with E-state index in [9.17, 15) is 9.59 Å². The van der Waals surface area contributed by atoms with Crippen LogP contribution in [0.1, 0.15) is 33.2 Å². The Morgan fingerprint density at radius 1 is 0.962 bits per heavy atom. The lowest BCUT2D eigenvalue weighted by Crippen LogP contribution is -2.58. The van der Waals surface area contributed by atoms with E-state index < -0.39 is 6.04 Å². The van der Waals surface area contributed by atoms with Crippen LogP contribution in [0.4, 0.5) is 0 Å². The monoisotopic (exact) mass is 343 g/mol. The molecule has 1 saturated heterocycles. The molecule has 0 saturated carbocycles. The molecule has 1 aromatic heterocycles. The Labute approximate surface area is 150 Å². The van der Waals surface area contributed by atoms with Gasteiger partial charge in [0.05, 0.1) is 6.04 Å². The van der Waals surface area contributed by atoms with Gasteiger partial charge in [-0.15, -0.1) is 0 Å². The summed E-state index contributed by atoms with van der Waals surface area (Å²) >= 11 is 0. The van der Waals surface area contributed by atoms with Crippen molar-refractivity contribution < 1.29 is 9.59 Å². The maximum atomic E-state index is 13.3. The minimum atomic E-state index is -0.457. The highest BCUT2D eigenvalue weighted by Crippen LogP contribution is 2.41. The molecule has 2 amide bonds. The zero-order valence-electron chi connectivity index (χ0n) is 14.1. The highest BCUT2D eigenvalue weighted by molar-refractivity contribution is 6.05. The second-order valence-corrected chi connectivity index (χ2v) is 7.40. The Bertz CT molecular complexity index is 1100. The van der Waals surface area contributed by atoms with Crippen LogP contribution in [-0.4, -0.2) is 39.2 Å². The van der Waals surface area contributed by atoms with Crippen molar-refractivity contribution in [1.29, 1.82) is 0 Å². The summed E-state index contributed by atoms with van der Waals surface area (Å²) < 4.78 is 0. The molecule has 5 nitrogen and oxygen atoms in total. The summed E-state index contributed by atoms with van der Waals surface area (Å²) in [5.74, 6) is 0.0384. The Morgan fingerprint density at radius 2 is 1.77 bits per heavy atom. The van der Waals surface area contributed by atoms with Gasteiger partial charge >= 0.3 is 0 Å². The van der Waals surface area contributed by atoms with Crippen molar-refractivity contribution in [3.8, 4) is 0 Å². The fraction of sp³-hybridized carbons (Fsp3) is 0.238. The van der Waals surface area contributed by atoms with Crippen molar-refractivity contribution in [2.24, 2.45) is 0 Å². The van der Waals surface area contributed by atoms with Crippen LogP contribution in [-0.2, 0) is 17.8 Å². The topological polar surface area (TPSA) is 56.4 Å². The van der Waals surface area contributed by atoms with E-state index in [1.54, 1.807) is 4.90 Å². The smallest absolute Gasteiger partial charge is 0.255 e. The molecule has 1 fully saturated rings. The normalized spacial score (nSPS) is 23.7. The number of carbonyl (C=O) groups is 2. The number of hydrogen-bond acceptors (Lipinski definition) is 2. The molecule has 26 heavy (non-hydrogen) atoms. The number of nitrogens with zero attached hydrogens (tertiary/aromatic N) is 2. The van der Waals surface area contributed by atoms with E-state index in [0.29, 0.717) is 18.7 Å². The predicted octanol–water partition coefficient (Wildman–Crippen LogP) is 2.63. The molecule has 1 N–H and O–H groups in total. The number of para-hydroxylation sites is 1. The molecule has 3 aromatic rings. The lowest BCUT2D eigenvalue weighted by Gasteiger charge is -2.45. The van der Waals surface area contributed by atoms with Crippen LogP contribution in [0.25, 0.3) is 10.9 Å². The molecule has 4 heterocycles. The fourth-order valence-electron chi connectivity index (χ4n) is 4.89. The summed E-state index contributed by atoms with van der Waals surface area (Å²) in [5.41, 5.74) is 5.06. The Balaban J connectivity index is 1.45. The first-order valence-electron chi connectivity index (χ1n) is 9.01. The minimum absolute atomic E-state index is 0.0129. The van der Waals surface area contributed by atoms with Crippen LogP contribution in [0.3, 0.4) is 0 Å². The molecule has 3 aliphatic heterocycles. The number of hydrogen-bond donors (Lipinski definition) is 1. The number of amides is 2. The van der Waals surface area contributed by atoms with E-state index in [1.165, 1.54) is 16.6 Å². The molecule has 2 atom stereocenters. The summed E-state index contributed by atoms with van der Waals surface area (Å²) in [6.45, 7) is 1.21. The molecule has 128 valence electrons. The van der Waals surface area contributed by atoms with Crippen LogP contribution in [0.2, 0.25) is 0 Å². The van der Waals surface area contributed by atoms with Gasteiger partial charge in [-0.3, -0.25) is 9.59 Å². The maximum absolute atomic E-state index is 13.3. The molecule has 0 spiro atoms. The highest BCUT2D eigenvalue weighted by Gasteiger charge is 2.50. The number of piperazine rings is 1. The molecule has 0 aliphatic carbocycles. The van der Waals surface area contributed by atoms with Crippen LogP contribution >= 0.6 is 0 Å². The molecular weight excluding hydrogens is 326 g/mol. The van der Waals surface area contributed by atoms with Crippen LogP contribution in [0, 0.1) is 0 Å². The minimum Gasteiger partial charge on any atom is -0.358 e. The SMILES string of the molecule is O=C1C2c3ccccc3C(=O)N2CC2Cc3[nH]c4ccccc4c3CN12. The first kappa shape index (κ1) is 14.1. The van der Waals surface area contributed by atoms with Crippen molar-refractivity contribution in [2.45, 2.75) is 25.0 Å². The molecule has 0 radical (unpaired) electrons. The standard InChI is InChI=1S/C21H17N3O2/c25-20-15-7-2-1-6-14(15)19-21(26)23-11-16-13-5-3-4-8-17(13)22-18(16)9-12(23)10-24(19)20/h1-8,12,19,22H,9-11H2. The molecule has 2 unspecified atom stereocenters. The molecule has 6 rings (SSSR count). The summed E-state index contributed by atoms with van der Waals surface area (Å²) in [4.78, 5) is 33.4. The van der Waals surface area contributed by atoms with E-state index in [4.69, 9.17) is 0 Å². The van der Waals surface area contributed by atoms with Gasteiger partial charge in [0.2, 0.25) is 0 Å². The van der Waals surface area contributed by atoms with Gasteiger partial charge in [0.25, 0.3) is 11.8 Å². The molecular formula is C21H17N3O2. The first-order valence-corrected chi connectivity index (χ1v) is 9.01. The van der Waals surface area contributed by atoms with Crippen LogP contribution < -0.4 is 0 Å². The lowest BCUT2D eigenvalue weighted by molar-refractivity contribution is -0.145. The predicted molar refractivity (Wildman–Crippen MR) is 96.6 cm³/mol. The van der Waals surface area contributed by atoms with Crippen molar-refractivity contribution in [1.82, 2.24) is 14.8 Å². The van der Waals surface area contributed by atoms with Gasteiger partial charge in [0.15, 0.2) is 0 Å². The number of aromatic amines is 1. The van der Waals surface area contributed by atoms with Crippen LogP contribution in [0.5, 0.6) is 0 Å². The fourth-order valence-corrected chi connectivity index (χ4v) is 4.89. The number of carbonyl (C=O) groups excluding carboxylic acids is 2. The van der Waals surface area contributed by atoms with Gasteiger partial charge in [-0.2, -0.15) is 0 Å². The Morgan fingerprint density at radius 3 is 2.69 bits per heavy atom. The number of aromatic nitrogens is 1. The number of fused-ring (bicyclic) bond motifs is 7. The third-order valence-corrected chi connectivity index (χ3v) is 6.09. The van der Waals surface area contributed by atoms with Gasteiger partial charge in [0.1, 0.15) is 6.04 Å². The number of rotatable bonds is 0. The van der Waals surface area contributed by atoms with Gasteiger partial charge in [0, 0.05) is 47.2 Å². The highest BCUT2D eigenvalue weighted by atomic mass is 16.2. The molecule has 2 aromatic carbocycles. The molecule has 5 heteroatoms.